The van der Waals surface area contributed by atoms with Crippen molar-refractivity contribution in [3.8, 4) is 0 Å². The van der Waals surface area contributed by atoms with Crippen LogP contribution in [0.5, 0.6) is 0 Å². The average Bonchev–Trinajstić information content (AvgIpc) is 3.06. The van der Waals surface area contributed by atoms with Gasteiger partial charge in [0, 0.05) is 25.4 Å². The smallest absolute Gasteiger partial charge is 0.0994 e. The summed E-state index contributed by atoms with van der Waals surface area (Å²) in [5.74, 6) is 1.26. The van der Waals surface area contributed by atoms with E-state index in [2.05, 4.69) is 65.5 Å². The Hall–Kier alpha value is -2.62. The van der Waals surface area contributed by atoms with Crippen molar-refractivity contribution < 1.29 is 0 Å². The molecule has 4 heteroatoms. The lowest BCUT2D eigenvalue weighted by atomic mass is 9.82. The number of hydrazone groups is 1. The third-order valence-corrected chi connectivity index (χ3v) is 5.58. The van der Waals surface area contributed by atoms with Gasteiger partial charge in [-0.15, -0.1) is 0 Å². The fourth-order valence-corrected chi connectivity index (χ4v) is 4.12. The van der Waals surface area contributed by atoms with Crippen LogP contribution >= 0.6 is 0 Å². The van der Waals surface area contributed by atoms with Crippen LogP contribution in [-0.4, -0.2) is 36.6 Å². The molecular weight excluding hydrogens is 320 g/mol. The van der Waals surface area contributed by atoms with Gasteiger partial charge in [0.25, 0.3) is 0 Å². The maximum atomic E-state index is 8.73. The predicted octanol–water partition coefficient (Wildman–Crippen LogP) is 4.24. The van der Waals surface area contributed by atoms with E-state index in [4.69, 9.17) is 10.5 Å². The van der Waals surface area contributed by atoms with Crippen molar-refractivity contribution in [3.63, 3.8) is 0 Å². The lowest BCUT2D eigenvalue weighted by Crippen LogP contribution is -2.38. The van der Waals surface area contributed by atoms with E-state index in [0.29, 0.717) is 0 Å². The summed E-state index contributed by atoms with van der Waals surface area (Å²) in [6, 6.07) is 20.9. The van der Waals surface area contributed by atoms with Gasteiger partial charge in [0.05, 0.1) is 23.8 Å². The molecule has 0 saturated carbocycles. The molecule has 0 bridgehead atoms. The molecule has 4 nitrogen and oxygen atoms in total. The molecule has 0 spiro atoms. The predicted molar refractivity (Wildman–Crippen MR) is 108 cm³/mol. The van der Waals surface area contributed by atoms with Crippen LogP contribution in [0, 0.1) is 17.2 Å². The summed E-state index contributed by atoms with van der Waals surface area (Å²) < 4.78 is 0. The van der Waals surface area contributed by atoms with Gasteiger partial charge in [-0.2, -0.15) is 5.10 Å². The maximum absolute atomic E-state index is 8.73. The topological polar surface area (TPSA) is 42.7 Å². The van der Waals surface area contributed by atoms with E-state index in [1.807, 2.05) is 12.1 Å². The zero-order valence-corrected chi connectivity index (χ0v) is 15.3. The number of likely N-dealkylation sites (tertiary alicyclic amines) is 1. The number of hydrogen-bond donors (Lipinski definition) is 1. The Bertz CT molecular complexity index is 784. The quantitative estimate of drug-likeness (QED) is 0.903. The van der Waals surface area contributed by atoms with Crippen molar-refractivity contribution in [1.82, 2.24) is 4.90 Å². The van der Waals surface area contributed by atoms with E-state index < -0.39 is 0 Å². The number of amidine groups is 1. The molecule has 2 atom stereocenters. The molecule has 1 saturated heterocycles. The lowest BCUT2D eigenvalue weighted by molar-refractivity contribution is 0.460. The average molecular weight is 346 g/mol. The van der Waals surface area contributed by atoms with Crippen LogP contribution in [-0.2, 0) is 0 Å². The molecular formula is C22H26N4. The molecule has 2 aromatic rings. The van der Waals surface area contributed by atoms with Crippen LogP contribution < -0.4 is 5.01 Å². The van der Waals surface area contributed by atoms with Gasteiger partial charge in [0.15, 0.2) is 0 Å². The molecule has 2 aliphatic heterocycles. The van der Waals surface area contributed by atoms with Crippen molar-refractivity contribution in [2.24, 2.45) is 16.9 Å². The SMILES string of the molecule is CN1CCCCC(C2CN(c3ccccc3)N=C2c2ccccc2)C1=N. The standard InChI is InChI=1S/C22H26N4/c1-25-15-9-8-14-19(22(25)23)20-16-26(18-12-6-3-7-13-18)24-21(20)17-10-4-2-5-11-17/h2-7,10-13,19-20,23H,8-9,14-16H2,1H3. The van der Waals surface area contributed by atoms with E-state index in [9.17, 15) is 0 Å². The highest BCUT2D eigenvalue weighted by molar-refractivity contribution is 6.06. The molecule has 26 heavy (non-hydrogen) atoms. The fourth-order valence-electron chi connectivity index (χ4n) is 4.12. The van der Waals surface area contributed by atoms with Crippen molar-refractivity contribution in [2.45, 2.75) is 19.3 Å². The van der Waals surface area contributed by atoms with Gasteiger partial charge in [-0.05, 0) is 30.5 Å². The first-order valence-electron chi connectivity index (χ1n) is 9.50. The Labute approximate surface area is 155 Å². The van der Waals surface area contributed by atoms with Crippen molar-refractivity contribution >= 4 is 17.2 Å². The van der Waals surface area contributed by atoms with Crippen LogP contribution in [0.2, 0.25) is 0 Å². The molecule has 0 aromatic heterocycles. The summed E-state index contributed by atoms with van der Waals surface area (Å²) in [4.78, 5) is 2.13. The normalized spacial score (nSPS) is 23.7. The van der Waals surface area contributed by atoms with E-state index in [1.165, 1.54) is 18.4 Å². The minimum absolute atomic E-state index is 0.232. The van der Waals surface area contributed by atoms with Crippen molar-refractivity contribution in [2.75, 3.05) is 25.1 Å². The first-order chi connectivity index (χ1) is 12.7. The number of para-hydroxylation sites is 1. The molecule has 0 amide bonds. The molecule has 0 radical (unpaired) electrons. The third kappa shape index (κ3) is 3.24. The Morgan fingerprint density at radius 2 is 1.62 bits per heavy atom. The third-order valence-electron chi connectivity index (χ3n) is 5.58. The molecule has 2 aromatic carbocycles. The highest BCUT2D eigenvalue weighted by atomic mass is 15.5. The van der Waals surface area contributed by atoms with Crippen LogP contribution in [0.15, 0.2) is 65.8 Å². The lowest BCUT2D eigenvalue weighted by Gasteiger charge is -2.28. The van der Waals surface area contributed by atoms with Gasteiger partial charge in [0.1, 0.15) is 0 Å². The Balaban J connectivity index is 1.70. The summed E-state index contributed by atoms with van der Waals surface area (Å²) in [5.41, 5.74) is 3.42. The fraction of sp³-hybridized carbons (Fsp3) is 0.364. The van der Waals surface area contributed by atoms with Gasteiger partial charge < -0.3 is 4.90 Å². The number of rotatable bonds is 3. The first kappa shape index (κ1) is 16.8. The monoisotopic (exact) mass is 346 g/mol. The molecule has 1 N–H and O–H groups in total. The van der Waals surface area contributed by atoms with Gasteiger partial charge in [-0.1, -0.05) is 55.0 Å². The number of benzene rings is 2. The summed E-state index contributed by atoms with van der Waals surface area (Å²) >= 11 is 0. The van der Waals surface area contributed by atoms with Crippen LogP contribution in [0.3, 0.4) is 0 Å². The summed E-state index contributed by atoms with van der Waals surface area (Å²) in [6.07, 6.45) is 3.42. The molecule has 134 valence electrons. The highest BCUT2D eigenvalue weighted by Gasteiger charge is 2.38. The maximum Gasteiger partial charge on any atom is 0.0994 e. The zero-order valence-electron chi connectivity index (χ0n) is 15.3. The highest BCUT2D eigenvalue weighted by Crippen LogP contribution is 2.34. The summed E-state index contributed by atoms with van der Waals surface area (Å²) in [5, 5.41) is 15.9. The van der Waals surface area contributed by atoms with Gasteiger partial charge >= 0.3 is 0 Å². The van der Waals surface area contributed by atoms with Crippen LogP contribution in [0.4, 0.5) is 5.69 Å². The Kier molecular flexibility index (Phi) is 4.74. The van der Waals surface area contributed by atoms with E-state index in [0.717, 1.165) is 36.7 Å². The first-order valence-corrected chi connectivity index (χ1v) is 9.50. The Morgan fingerprint density at radius 3 is 2.35 bits per heavy atom. The van der Waals surface area contributed by atoms with Crippen molar-refractivity contribution in [1.29, 1.82) is 5.41 Å². The number of anilines is 1. The van der Waals surface area contributed by atoms with Crippen LogP contribution in [0.1, 0.15) is 24.8 Å². The molecule has 2 heterocycles. The zero-order chi connectivity index (χ0) is 17.9. The second-order valence-electron chi connectivity index (χ2n) is 7.28. The van der Waals surface area contributed by atoms with Crippen molar-refractivity contribution in [3.05, 3.63) is 66.2 Å². The second-order valence-corrected chi connectivity index (χ2v) is 7.28. The van der Waals surface area contributed by atoms with Crippen LogP contribution in [0.25, 0.3) is 0 Å². The molecule has 4 rings (SSSR count). The minimum Gasteiger partial charge on any atom is -0.363 e. The minimum atomic E-state index is 0.232. The van der Waals surface area contributed by atoms with Gasteiger partial charge in [0.2, 0.25) is 0 Å². The summed E-state index contributed by atoms with van der Waals surface area (Å²) in [6.45, 7) is 1.83. The summed E-state index contributed by atoms with van der Waals surface area (Å²) in [7, 11) is 2.06. The Morgan fingerprint density at radius 1 is 0.923 bits per heavy atom. The molecule has 0 aliphatic carbocycles. The van der Waals surface area contributed by atoms with E-state index in [1.54, 1.807) is 0 Å². The van der Waals surface area contributed by atoms with Gasteiger partial charge in [-0.3, -0.25) is 10.4 Å². The second kappa shape index (κ2) is 7.32. The van der Waals surface area contributed by atoms with Gasteiger partial charge in [-0.25, -0.2) is 0 Å². The number of nitrogens with one attached hydrogen (secondary N) is 1. The molecule has 1 fully saturated rings. The largest absolute Gasteiger partial charge is 0.363 e. The number of nitrogens with zero attached hydrogens (tertiary/aromatic N) is 3. The molecule has 2 aliphatic rings. The number of hydrogen-bond acceptors (Lipinski definition) is 3. The van der Waals surface area contributed by atoms with E-state index >= 15 is 0 Å². The molecule has 2 unspecified atom stereocenters. The van der Waals surface area contributed by atoms with E-state index in [-0.39, 0.29) is 11.8 Å².